The zero-order chi connectivity index (χ0) is 21.5. The van der Waals surface area contributed by atoms with E-state index in [1.54, 1.807) is 7.05 Å². The standard InChI is InChI=1S/C23H33N3O4/c1-16-14-18(6-9-20(16)24(2)22(29)30)25-12-3-10-23(15-25)11-13-26(21(23)28)17-4-7-19(27)8-5-17/h6,9,14,17,19,27H,3-5,7-8,10-13,15H2,1-2H3,(H,29,30). The predicted octanol–water partition coefficient (Wildman–Crippen LogP) is 3.23. The minimum atomic E-state index is -0.977. The number of aryl methyl sites for hydroxylation is 1. The first-order valence-electron chi connectivity index (χ1n) is 11.1. The molecule has 2 aliphatic heterocycles. The van der Waals surface area contributed by atoms with E-state index in [2.05, 4.69) is 9.80 Å². The van der Waals surface area contributed by atoms with Gasteiger partial charge in [0, 0.05) is 44.1 Å². The molecule has 1 unspecified atom stereocenters. The van der Waals surface area contributed by atoms with Crippen LogP contribution in [0.3, 0.4) is 0 Å². The fourth-order valence-electron chi connectivity index (χ4n) is 5.61. The highest BCUT2D eigenvalue weighted by molar-refractivity contribution is 5.87. The second-order valence-electron chi connectivity index (χ2n) is 9.33. The van der Waals surface area contributed by atoms with Gasteiger partial charge in [-0.05, 0) is 75.6 Å². The second-order valence-corrected chi connectivity index (χ2v) is 9.33. The molecule has 1 atom stereocenters. The van der Waals surface area contributed by atoms with E-state index in [0.29, 0.717) is 11.6 Å². The minimum absolute atomic E-state index is 0.204. The second kappa shape index (κ2) is 8.10. The summed E-state index contributed by atoms with van der Waals surface area (Å²) < 4.78 is 0. The summed E-state index contributed by atoms with van der Waals surface area (Å²) in [5.41, 5.74) is 2.34. The van der Waals surface area contributed by atoms with Crippen LogP contribution >= 0.6 is 0 Å². The van der Waals surface area contributed by atoms with Crippen LogP contribution in [0.25, 0.3) is 0 Å². The number of aliphatic hydroxyl groups is 1. The van der Waals surface area contributed by atoms with Crippen molar-refractivity contribution < 1.29 is 19.8 Å². The highest BCUT2D eigenvalue weighted by atomic mass is 16.4. The number of piperidine rings is 1. The van der Waals surface area contributed by atoms with Crippen molar-refractivity contribution in [2.45, 2.75) is 64.0 Å². The first kappa shape index (κ1) is 21.0. The van der Waals surface area contributed by atoms with Gasteiger partial charge in [-0.3, -0.25) is 9.69 Å². The van der Waals surface area contributed by atoms with Crippen LogP contribution in [-0.2, 0) is 4.79 Å². The van der Waals surface area contributed by atoms with E-state index in [0.717, 1.165) is 75.8 Å². The zero-order valence-corrected chi connectivity index (χ0v) is 18.0. The molecule has 2 heterocycles. The lowest BCUT2D eigenvalue weighted by Crippen LogP contribution is -2.50. The van der Waals surface area contributed by atoms with Crippen LogP contribution in [0.1, 0.15) is 50.5 Å². The Labute approximate surface area is 178 Å². The molecule has 3 aliphatic rings. The summed E-state index contributed by atoms with van der Waals surface area (Å²) in [6.07, 6.45) is 5.05. The molecule has 0 bridgehead atoms. The summed E-state index contributed by atoms with van der Waals surface area (Å²) in [5.74, 6) is 0.299. The number of likely N-dealkylation sites (tertiary alicyclic amines) is 1. The number of carbonyl (C=O) groups is 2. The molecule has 2 saturated heterocycles. The highest BCUT2D eigenvalue weighted by Gasteiger charge is 2.50. The lowest BCUT2D eigenvalue weighted by Gasteiger charge is -2.41. The van der Waals surface area contributed by atoms with E-state index in [-0.39, 0.29) is 17.6 Å². The first-order chi connectivity index (χ1) is 14.3. The summed E-state index contributed by atoms with van der Waals surface area (Å²) in [6, 6.07) is 6.15. The average Bonchev–Trinajstić information content (AvgIpc) is 3.03. The lowest BCUT2D eigenvalue weighted by atomic mass is 9.78. The molecular weight excluding hydrogens is 382 g/mol. The molecular formula is C23H33N3O4. The third-order valence-electron chi connectivity index (χ3n) is 7.42. The summed E-state index contributed by atoms with van der Waals surface area (Å²) in [6.45, 7) is 4.40. The van der Waals surface area contributed by atoms with Crippen molar-refractivity contribution in [1.29, 1.82) is 0 Å². The van der Waals surface area contributed by atoms with Crippen LogP contribution in [-0.4, -0.2) is 65.9 Å². The summed E-state index contributed by atoms with van der Waals surface area (Å²) in [4.78, 5) is 30.4. The Balaban J connectivity index is 1.49. The Bertz CT molecular complexity index is 821. The molecule has 1 aromatic rings. The van der Waals surface area contributed by atoms with Crippen molar-refractivity contribution in [3.05, 3.63) is 23.8 Å². The van der Waals surface area contributed by atoms with Gasteiger partial charge in [-0.15, -0.1) is 0 Å². The number of amides is 2. The van der Waals surface area contributed by atoms with E-state index >= 15 is 0 Å². The number of rotatable bonds is 3. The normalized spacial score (nSPS) is 29.5. The predicted molar refractivity (Wildman–Crippen MR) is 116 cm³/mol. The lowest BCUT2D eigenvalue weighted by molar-refractivity contribution is -0.139. The molecule has 30 heavy (non-hydrogen) atoms. The molecule has 4 rings (SSSR count). The van der Waals surface area contributed by atoms with E-state index < -0.39 is 6.09 Å². The van der Waals surface area contributed by atoms with Gasteiger partial charge < -0.3 is 20.0 Å². The molecule has 0 radical (unpaired) electrons. The Morgan fingerprint density at radius 2 is 1.90 bits per heavy atom. The van der Waals surface area contributed by atoms with Gasteiger partial charge in [0.1, 0.15) is 0 Å². The van der Waals surface area contributed by atoms with Gasteiger partial charge in [-0.1, -0.05) is 0 Å². The molecule has 1 saturated carbocycles. The van der Waals surface area contributed by atoms with Crippen molar-refractivity contribution in [3.8, 4) is 0 Å². The average molecular weight is 416 g/mol. The maximum Gasteiger partial charge on any atom is 0.411 e. The van der Waals surface area contributed by atoms with E-state index in [9.17, 15) is 19.8 Å². The minimum Gasteiger partial charge on any atom is -0.465 e. The largest absolute Gasteiger partial charge is 0.465 e. The van der Waals surface area contributed by atoms with Gasteiger partial charge in [-0.25, -0.2) is 4.79 Å². The third-order valence-corrected chi connectivity index (χ3v) is 7.42. The van der Waals surface area contributed by atoms with Crippen molar-refractivity contribution >= 4 is 23.4 Å². The first-order valence-corrected chi connectivity index (χ1v) is 11.1. The van der Waals surface area contributed by atoms with E-state index in [1.165, 1.54) is 4.90 Å². The molecule has 1 spiro atoms. The number of carboxylic acid groups (broad SMARTS) is 1. The summed E-state index contributed by atoms with van der Waals surface area (Å²) in [5, 5.41) is 19.1. The van der Waals surface area contributed by atoms with Crippen molar-refractivity contribution in [2.24, 2.45) is 5.41 Å². The van der Waals surface area contributed by atoms with Crippen LogP contribution in [0, 0.1) is 12.3 Å². The van der Waals surface area contributed by atoms with Crippen LogP contribution in [0.15, 0.2) is 18.2 Å². The Morgan fingerprint density at radius 3 is 2.57 bits per heavy atom. The fraction of sp³-hybridized carbons (Fsp3) is 0.652. The van der Waals surface area contributed by atoms with E-state index in [4.69, 9.17) is 0 Å². The van der Waals surface area contributed by atoms with Crippen LogP contribution in [0.4, 0.5) is 16.2 Å². The Hall–Kier alpha value is -2.28. The molecule has 0 aromatic heterocycles. The van der Waals surface area contributed by atoms with Crippen molar-refractivity contribution in [1.82, 2.24) is 4.90 Å². The smallest absolute Gasteiger partial charge is 0.411 e. The molecule has 7 nitrogen and oxygen atoms in total. The number of nitrogens with zero attached hydrogens (tertiary/aromatic N) is 3. The topological polar surface area (TPSA) is 84.3 Å². The quantitative estimate of drug-likeness (QED) is 0.792. The number of carbonyl (C=O) groups excluding carboxylic acids is 1. The number of hydrogen-bond donors (Lipinski definition) is 2. The summed E-state index contributed by atoms with van der Waals surface area (Å²) >= 11 is 0. The van der Waals surface area contributed by atoms with Crippen LogP contribution < -0.4 is 9.80 Å². The molecule has 1 aliphatic carbocycles. The number of anilines is 2. The number of hydrogen-bond acceptors (Lipinski definition) is 4. The zero-order valence-electron chi connectivity index (χ0n) is 18.0. The van der Waals surface area contributed by atoms with Gasteiger partial charge in [0.2, 0.25) is 5.91 Å². The summed E-state index contributed by atoms with van der Waals surface area (Å²) in [7, 11) is 1.55. The van der Waals surface area contributed by atoms with Gasteiger partial charge in [0.05, 0.1) is 11.5 Å². The van der Waals surface area contributed by atoms with Gasteiger partial charge in [-0.2, -0.15) is 0 Å². The molecule has 2 N–H and O–H groups in total. The van der Waals surface area contributed by atoms with Crippen LogP contribution in [0.5, 0.6) is 0 Å². The Kier molecular flexibility index (Phi) is 5.66. The maximum absolute atomic E-state index is 13.5. The molecule has 7 heteroatoms. The molecule has 3 fully saturated rings. The molecule has 1 aromatic carbocycles. The SMILES string of the molecule is Cc1cc(N2CCCC3(CCN(C4CCC(O)CC4)C3=O)C2)ccc1N(C)C(=O)O. The number of aliphatic hydroxyl groups excluding tert-OH is 1. The van der Waals surface area contributed by atoms with Crippen LogP contribution in [0.2, 0.25) is 0 Å². The van der Waals surface area contributed by atoms with Gasteiger partial charge >= 0.3 is 6.09 Å². The Morgan fingerprint density at radius 1 is 1.17 bits per heavy atom. The third kappa shape index (κ3) is 3.75. The highest BCUT2D eigenvalue weighted by Crippen LogP contribution is 2.43. The maximum atomic E-state index is 13.5. The van der Waals surface area contributed by atoms with Gasteiger partial charge in [0.25, 0.3) is 0 Å². The van der Waals surface area contributed by atoms with Gasteiger partial charge in [0.15, 0.2) is 0 Å². The molecule has 2 amide bonds. The fourth-order valence-corrected chi connectivity index (χ4v) is 5.61. The number of benzene rings is 1. The van der Waals surface area contributed by atoms with Crippen molar-refractivity contribution in [3.63, 3.8) is 0 Å². The monoisotopic (exact) mass is 415 g/mol. The molecule has 164 valence electrons. The van der Waals surface area contributed by atoms with Crippen molar-refractivity contribution in [2.75, 3.05) is 36.5 Å². The van der Waals surface area contributed by atoms with E-state index in [1.807, 2.05) is 25.1 Å².